The maximum atomic E-state index is 12.0. The number of carboxylic acids is 1. The molecule has 1 N–H and O–H groups in total. The molecule has 0 aliphatic rings. The van der Waals surface area contributed by atoms with Crippen LogP contribution in [0.25, 0.3) is 0 Å². The monoisotopic (exact) mass is 363 g/mol. The summed E-state index contributed by atoms with van der Waals surface area (Å²) in [7, 11) is 0. The van der Waals surface area contributed by atoms with E-state index >= 15 is 0 Å². The summed E-state index contributed by atoms with van der Waals surface area (Å²) in [6.45, 7) is 0. The third-order valence-electron chi connectivity index (χ3n) is 1.18. The fourth-order valence-corrected chi connectivity index (χ4v) is 1.60. The molecule has 0 saturated carbocycles. The largest absolute Gasteiger partial charge is 0.477 e. The van der Waals surface area contributed by atoms with Gasteiger partial charge in [-0.1, -0.05) is 22.9 Å². The summed E-state index contributed by atoms with van der Waals surface area (Å²) >= 11 is 20.7. The van der Waals surface area contributed by atoms with Gasteiger partial charge in [0, 0.05) is 0 Å². The van der Waals surface area contributed by atoms with Crippen LogP contribution in [0.1, 0.15) is 15.4 Å². The zero-order valence-electron chi connectivity index (χ0n) is 8.14. The third-order valence-corrected chi connectivity index (χ3v) is 3.26. The van der Waals surface area contributed by atoms with E-state index in [1.807, 2.05) is 0 Å². The average molecular weight is 365 g/mol. The Hall–Kier alpha value is 0.0500. The summed E-state index contributed by atoms with van der Waals surface area (Å²) in [4.78, 5) is 11.9. The number of aromatic carboxylic acids is 1. The second-order valence-corrected chi connectivity index (χ2v) is 5.66. The Bertz CT molecular complexity index is 410. The molecular formula is C7H4Cl4F3NO2S. The molecular weight excluding hydrogens is 361 g/mol. The number of hydrogen-bond acceptors (Lipinski definition) is 3. The van der Waals surface area contributed by atoms with Gasteiger partial charge in [0.05, 0.1) is 5.88 Å². The summed E-state index contributed by atoms with van der Waals surface area (Å²) in [6.07, 6.45) is -4.78. The van der Waals surface area contributed by atoms with Crippen molar-refractivity contribution in [2.75, 3.05) is 5.88 Å². The Kier molecular flexibility index (Phi) is 7.61. The van der Waals surface area contributed by atoms with Crippen molar-refractivity contribution in [3.8, 4) is 0 Å². The number of alkyl halides is 6. The lowest BCUT2D eigenvalue weighted by Gasteiger charge is -2.01. The predicted molar refractivity (Wildman–Crippen MR) is 65.3 cm³/mol. The molecule has 0 atom stereocenters. The first-order valence-electron chi connectivity index (χ1n) is 3.90. The predicted octanol–water partition coefficient (Wildman–Crippen LogP) is 4.54. The van der Waals surface area contributed by atoms with Gasteiger partial charge in [0.15, 0.2) is 10.2 Å². The van der Waals surface area contributed by atoms with Crippen LogP contribution in [-0.4, -0.2) is 26.8 Å². The maximum Gasteiger partial charge on any atom is 0.435 e. The highest BCUT2D eigenvalue weighted by atomic mass is 35.5. The molecule has 0 unspecified atom stereocenters. The van der Waals surface area contributed by atoms with E-state index < -0.39 is 32.0 Å². The lowest BCUT2D eigenvalue weighted by molar-refractivity contribution is -0.141. The van der Waals surface area contributed by atoms with Crippen LogP contribution < -0.4 is 0 Å². The van der Waals surface area contributed by atoms with Crippen LogP contribution >= 0.6 is 57.7 Å². The number of nitrogens with zero attached hydrogens (tertiary/aromatic N) is 1. The molecule has 0 bridgehead atoms. The first-order valence-corrected chi connectivity index (χ1v) is 6.50. The SMILES string of the molecule is ClCC(Cl)Cl.O=C(O)c1sc(Cl)nc1C(F)(F)F. The van der Waals surface area contributed by atoms with E-state index in [9.17, 15) is 18.0 Å². The lowest BCUT2D eigenvalue weighted by atomic mass is 10.3. The molecule has 1 rings (SSSR count). The van der Waals surface area contributed by atoms with Gasteiger partial charge in [-0.2, -0.15) is 13.2 Å². The van der Waals surface area contributed by atoms with Crippen molar-refractivity contribution in [1.82, 2.24) is 4.98 Å². The van der Waals surface area contributed by atoms with Gasteiger partial charge in [-0.05, 0) is 0 Å². The van der Waals surface area contributed by atoms with Crippen LogP contribution in [0.5, 0.6) is 0 Å². The third kappa shape index (κ3) is 6.29. The van der Waals surface area contributed by atoms with Gasteiger partial charge in [-0.3, -0.25) is 0 Å². The Morgan fingerprint density at radius 3 is 2.11 bits per heavy atom. The fourth-order valence-electron chi connectivity index (χ4n) is 0.631. The number of aromatic nitrogens is 1. The van der Waals surface area contributed by atoms with Crippen molar-refractivity contribution in [2.24, 2.45) is 0 Å². The molecule has 104 valence electrons. The maximum absolute atomic E-state index is 12.0. The quantitative estimate of drug-likeness (QED) is 0.783. The van der Waals surface area contributed by atoms with Gasteiger partial charge < -0.3 is 5.11 Å². The molecule has 18 heavy (non-hydrogen) atoms. The van der Waals surface area contributed by atoms with Crippen molar-refractivity contribution in [1.29, 1.82) is 0 Å². The summed E-state index contributed by atoms with van der Waals surface area (Å²) in [6, 6.07) is 0. The minimum atomic E-state index is -4.78. The Balaban J connectivity index is 0.000000494. The van der Waals surface area contributed by atoms with Gasteiger partial charge in [-0.15, -0.1) is 34.8 Å². The first kappa shape index (κ1) is 18.0. The normalized spacial score (nSPS) is 11.1. The smallest absolute Gasteiger partial charge is 0.435 e. The number of carbonyl (C=O) groups is 1. The number of halogens is 7. The molecule has 0 amide bonds. The molecule has 1 aromatic heterocycles. The Morgan fingerprint density at radius 2 is 1.89 bits per heavy atom. The second kappa shape index (κ2) is 7.59. The van der Waals surface area contributed by atoms with Crippen molar-refractivity contribution < 1.29 is 23.1 Å². The highest BCUT2D eigenvalue weighted by Crippen LogP contribution is 2.35. The Labute approximate surface area is 123 Å². The first-order chi connectivity index (χ1) is 8.09. The number of rotatable bonds is 2. The molecule has 0 aliphatic carbocycles. The zero-order chi connectivity index (χ0) is 14.5. The van der Waals surface area contributed by atoms with E-state index in [0.29, 0.717) is 5.88 Å². The van der Waals surface area contributed by atoms with Gasteiger partial charge >= 0.3 is 12.1 Å². The molecule has 1 aromatic rings. The van der Waals surface area contributed by atoms with Crippen LogP contribution in [0.4, 0.5) is 13.2 Å². The fraction of sp³-hybridized carbons (Fsp3) is 0.429. The van der Waals surface area contributed by atoms with Crippen LogP contribution in [0.2, 0.25) is 4.47 Å². The van der Waals surface area contributed by atoms with Gasteiger partial charge in [0.2, 0.25) is 0 Å². The summed E-state index contributed by atoms with van der Waals surface area (Å²) in [5.74, 6) is -1.37. The van der Waals surface area contributed by atoms with Crippen molar-refractivity contribution in [2.45, 2.75) is 11.0 Å². The van der Waals surface area contributed by atoms with Crippen molar-refractivity contribution >= 4 is 63.7 Å². The zero-order valence-corrected chi connectivity index (χ0v) is 12.0. The second-order valence-electron chi connectivity index (χ2n) is 2.49. The highest BCUT2D eigenvalue weighted by molar-refractivity contribution is 7.17. The molecule has 11 heteroatoms. The number of hydrogen-bond donors (Lipinski definition) is 1. The number of thiazole rings is 1. The van der Waals surface area contributed by atoms with Gasteiger partial charge in [0.25, 0.3) is 0 Å². The van der Waals surface area contributed by atoms with Gasteiger partial charge in [-0.25, -0.2) is 9.78 Å². The van der Waals surface area contributed by atoms with Crippen LogP contribution in [-0.2, 0) is 6.18 Å². The standard InChI is InChI=1S/C5HClF3NO2S.C2H3Cl3/c6-4-10-2(5(7,8)9)1(13-4)3(11)12;3-1-2(4)5/h(H,11,12);2H,1H2. The van der Waals surface area contributed by atoms with Crippen molar-refractivity contribution in [3.05, 3.63) is 15.0 Å². The minimum Gasteiger partial charge on any atom is -0.477 e. The van der Waals surface area contributed by atoms with Crippen LogP contribution in [0, 0.1) is 0 Å². The molecule has 0 aliphatic heterocycles. The molecule has 0 spiro atoms. The lowest BCUT2D eigenvalue weighted by Crippen LogP contribution is -2.11. The highest BCUT2D eigenvalue weighted by Gasteiger charge is 2.39. The van der Waals surface area contributed by atoms with E-state index in [-0.39, 0.29) is 11.3 Å². The molecule has 3 nitrogen and oxygen atoms in total. The van der Waals surface area contributed by atoms with Gasteiger partial charge in [0.1, 0.15) is 9.71 Å². The van der Waals surface area contributed by atoms with E-state index in [2.05, 4.69) is 4.98 Å². The van der Waals surface area contributed by atoms with Crippen molar-refractivity contribution in [3.63, 3.8) is 0 Å². The molecule has 0 aromatic carbocycles. The minimum absolute atomic E-state index is 0.284. The topological polar surface area (TPSA) is 50.2 Å². The molecule has 0 radical (unpaired) electrons. The summed E-state index contributed by atoms with van der Waals surface area (Å²) < 4.78 is 35.7. The van der Waals surface area contributed by atoms with E-state index in [1.165, 1.54) is 0 Å². The summed E-state index contributed by atoms with van der Waals surface area (Å²) in [5.41, 5.74) is -1.45. The van der Waals surface area contributed by atoms with Crippen LogP contribution in [0.3, 0.4) is 0 Å². The molecule has 0 fully saturated rings. The van der Waals surface area contributed by atoms with E-state index in [1.54, 1.807) is 0 Å². The molecule has 1 heterocycles. The number of carboxylic acid groups (broad SMARTS) is 1. The molecule has 0 saturated heterocycles. The summed E-state index contributed by atoms with van der Waals surface area (Å²) in [5, 5.41) is 8.35. The average Bonchev–Trinajstić information content (AvgIpc) is 2.61. The van der Waals surface area contributed by atoms with E-state index in [0.717, 1.165) is 0 Å². The van der Waals surface area contributed by atoms with Crippen LogP contribution in [0.15, 0.2) is 0 Å². The van der Waals surface area contributed by atoms with E-state index in [4.69, 9.17) is 51.5 Å². The Morgan fingerprint density at radius 1 is 1.44 bits per heavy atom.